The Labute approximate surface area is 93.9 Å². The number of aryl methyl sites for hydroxylation is 1. The standard InChI is InChI=1S/C10H13N3OS/c1-7(10-11-6-8(2)14-10)5-9-3-4-13(15)12-9/h3-4,6-7,15H,5H2,1-2H3. The summed E-state index contributed by atoms with van der Waals surface area (Å²) in [7, 11) is 0. The Hall–Kier alpha value is -1.23. The molecular formula is C10H13N3OS. The molecule has 2 heterocycles. The zero-order chi connectivity index (χ0) is 10.8. The fraction of sp³-hybridized carbons (Fsp3) is 0.400. The van der Waals surface area contributed by atoms with Crippen LogP contribution in [0.2, 0.25) is 0 Å². The first-order valence-corrected chi connectivity index (χ1v) is 5.21. The molecule has 0 spiro atoms. The molecular weight excluding hydrogens is 210 g/mol. The molecule has 0 saturated heterocycles. The van der Waals surface area contributed by atoms with Crippen molar-refractivity contribution in [2.75, 3.05) is 0 Å². The zero-order valence-electron chi connectivity index (χ0n) is 8.71. The van der Waals surface area contributed by atoms with E-state index in [1.54, 1.807) is 6.20 Å². The molecule has 0 N–H and O–H groups in total. The van der Waals surface area contributed by atoms with Crippen LogP contribution < -0.4 is 0 Å². The summed E-state index contributed by atoms with van der Waals surface area (Å²) in [5, 5.41) is 4.19. The fourth-order valence-electron chi connectivity index (χ4n) is 1.46. The molecule has 0 bridgehead atoms. The van der Waals surface area contributed by atoms with Crippen LogP contribution in [0.1, 0.15) is 30.2 Å². The van der Waals surface area contributed by atoms with Crippen molar-refractivity contribution in [1.82, 2.24) is 14.2 Å². The molecule has 0 saturated carbocycles. The van der Waals surface area contributed by atoms with Crippen LogP contribution in [0.4, 0.5) is 0 Å². The third-order valence-corrected chi connectivity index (χ3v) is 2.43. The number of oxazole rings is 1. The van der Waals surface area contributed by atoms with Crippen LogP contribution in [0.5, 0.6) is 0 Å². The Bertz CT molecular complexity index is 449. The Balaban J connectivity index is 2.06. The van der Waals surface area contributed by atoms with Crippen molar-refractivity contribution in [2.24, 2.45) is 0 Å². The molecule has 0 aliphatic rings. The highest BCUT2D eigenvalue weighted by Crippen LogP contribution is 2.19. The Morgan fingerprint density at radius 1 is 1.60 bits per heavy atom. The molecule has 1 atom stereocenters. The van der Waals surface area contributed by atoms with Gasteiger partial charge in [0.2, 0.25) is 0 Å². The summed E-state index contributed by atoms with van der Waals surface area (Å²) in [5.41, 5.74) is 0.994. The highest BCUT2D eigenvalue weighted by atomic mass is 32.1. The molecule has 5 heteroatoms. The molecule has 2 aromatic heterocycles. The van der Waals surface area contributed by atoms with Crippen molar-refractivity contribution in [3.05, 3.63) is 35.8 Å². The molecule has 0 radical (unpaired) electrons. The average Bonchev–Trinajstić information content (AvgIpc) is 2.75. The lowest BCUT2D eigenvalue weighted by Crippen LogP contribution is -1.99. The van der Waals surface area contributed by atoms with Gasteiger partial charge < -0.3 is 4.42 Å². The largest absolute Gasteiger partial charge is 0.446 e. The van der Waals surface area contributed by atoms with Crippen LogP contribution in [-0.2, 0) is 6.42 Å². The summed E-state index contributed by atoms with van der Waals surface area (Å²) >= 11 is 4.09. The smallest absolute Gasteiger partial charge is 0.197 e. The second kappa shape index (κ2) is 4.10. The van der Waals surface area contributed by atoms with Gasteiger partial charge in [-0.05, 0) is 25.8 Å². The third-order valence-electron chi connectivity index (χ3n) is 2.21. The van der Waals surface area contributed by atoms with E-state index < -0.39 is 0 Å². The lowest BCUT2D eigenvalue weighted by Gasteiger charge is -2.03. The Morgan fingerprint density at radius 2 is 2.40 bits per heavy atom. The number of hydrogen-bond donors (Lipinski definition) is 1. The summed E-state index contributed by atoms with van der Waals surface area (Å²) in [6.07, 6.45) is 4.36. The van der Waals surface area contributed by atoms with Crippen LogP contribution in [0.25, 0.3) is 0 Å². The molecule has 80 valence electrons. The monoisotopic (exact) mass is 223 g/mol. The SMILES string of the molecule is Cc1cnc(C(C)Cc2ccn(S)n2)o1. The second-order valence-electron chi connectivity index (χ2n) is 3.64. The van der Waals surface area contributed by atoms with Gasteiger partial charge in [-0.2, -0.15) is 5.10 Å². The van der Waals surface area contributed by atoms with Crippen LogP contribution >= 0.6 is 12.8 Å². The predicted octanol–water partition coefficient (Wildman–Crippen LogP) is 2.22. The maximum Gasteiger partial charge on any atom is 0.197 e. The molecule has 1 unspecified atom stereocenters. The maximum absolute atomic E-state index is 5.46. The zero-order valence-corrected chi connectivity index (χ0v) is 9.61. The predicted molar refractivity (Wildman–Crippen MR) is 60.0 cm³/mol. The van der Waals surface area contributed by atoms with Gasteiger partial charge in [0.05, 0.1) is 11.9 Å². The van der Waals surface area contributed by atoms with Gasteiger partial charge in [-0.3, -0.25) is 0 Å². The second-order valence-corrected chi connectivity index (χ2v) is 4.05. The minimum Gasteiger partial charge on any atom is -0.446 e. The van der Waals surface area contributed by atoms with Gasteiger partial charge in [0.1, 0.15) is 5.76 Å². The molecule has 0 amide bonds. The van der Waals surface area contributed by atoms with Gasteiger partial charge >= 0.3 is 0 Å². The third kappa shape index (κ3) is 2.41. The van der Waals surface area contributed by atoms with Gasteiger partial charge in [0.15, 0.2) is 5.89 Å². The van der Waals surface area contributed by atoms with Crippen LogP contribution in [0.15, 0.2) is 22.9 Å². The molecule has 15 heavy (non-hydrogen) atoms. The first kappa shape index (κ1) is 10.3. The molecule has 0 aliphatic carbocycles. The Kier molecular flexibility index (Phi) is 2.81. The van der Waals surface area contributed by atoms with Gasteiger partial charge in [0.25, 0.3) is 0 Å². The lowest BCUT2D eigenvalue weighted by molar-refractivity contribution is 0.437. The van der Waals surface area contributed by atoms with Crippen LogP contribution in [-0.4, -0.2) is 14.2 Å². The summed E-state index contributed by atoms with van der Waals surface area (Å²) in [6.45, 7) is 3.97. The number of hydrogen-bond acceptors (Lipinski definition) is 4. The number of thiol groups is 1. The number of rotatable bonds is 3. The van der Waals surface area contributed by atoms with Crippen molar-refractivity contribution < 1.29 is 4.42 Å². The molecule has 2 rings (SSSR count). The first-order chi connectivity index (χ1) is 7.15. The summed E-state index contributed by atoms with van der Waals surface area (Å²) in [5.74, 6) is 1.85. The van der Waals surface area contributed by atoms with Gasteiger partial charge in [-0.1, -0.05) is 6.92 Å². The fourth-order valence-corrected chi connectivity index (χ4v) is 1.64. The molecule has 0 aromatic carbocycles. The van der Waals surface area contributed by atoms with Crippen molar-refractivity contribution in [3.63, 3.8) is 0 Å². The Morgan fingerprint density at radius 3 is 2.93 bits per heavy atom. The van der Waals surface area contributed by atoms with E-state index in [0.717, 1.165) is 23.8 Å². The van der Waals surface area contributed by atoms with E-state index in [1.807, 2.05) is 19.2 Å². The van der Waals surface area contributed by atoms with E-state index in [9.17, 15) is 0 Å². The van der Waals surface area contributed by atoms with E-state index in [4.69, 9.17) is 4.42 Å². The highest BCUT2D eigenvalue weighted by Gasteiger charge is 2.13. The van der Waals surface area contributed by atoms with Crippen LogP contribution in [0.3, 0.4) is 0 Å². The summed E-state index contributed by atoms with van der Waals surface area (Å²) in [4.78, 5) is 4.20. The number of aromatic nitrogens is 3. The molecule has 2 aromatic rings. The van der Waals surface area contributed by atoms with E-state index in [0.29, 0.717) is 0 Å². The molecule has 0 aliphatic heterocycles. The van der Waals surface area contributed by atoms with Crippen molar-refractivity contribution >= 4 is 12.8 Å². The van der Waals surface area contributed by atoms with E-state index in [2.05, 4.69) is 29.8 Å². The number of nitrogens with zero attached hydrogens (tertiary/aromatic N) is 3. The molecule has 4 nitrogen and oxygen atoms in total. The quantitative estimate of drug-likeness (QED) is 0.811. The minimum absolute atomic E-state index is 0.238. The van der Waals surface area contributed by atoms with E-state index in [1.165, 1.54) is 4.09 Å². The first-order valence-electron chi connectivity index (χ1n) is 4.81. The summed E-state index contributed by atoms with van der Waals surface area (Å²) in [6, 6.07) is 1.94. The average molecular weight is 223 g/mol. The summed E-state index contributed by atoms with van der Waals surface area (Å²) < 4.78 is 6.96. The van der Waals surface area contributed by atoms with Gasteiger partial charge in [0, 0.05) is 18.5 Å². The van der Waals surface area contributed by atoms with E-state index in [-0.39, 0.29) is 5.92 Å². The van der Waals surface area contributed by atoms with Gasteiger partial charge in [-0.25, -0.2) is 9.07 Å². The minimum atomic E-state index is 0.238. The maximum atomic E-state index is 5.46. The van der Waals surface area contributed by atoms with Gasteiger partial charge in [-0.15, -0.1) is 0 Å². The van der Waals surface area contributed by atoms with Crippen LogP contribution in [0, 0.1) is 6.92 Å². The van der Waals surface area contributed by atoms with Crippen molar-refractivity contribution in [2.45, 2.75) is 26.2 Å². The lowest BCUT2D eigenvalue weighted by atomic mass is 10.1. The topological polar surface area (TPSA) is 43.9 Å². The normalized spacial score (nSPS) is 13.0. The molecule has 0 fully saturated rings. The van der Waals surface area contributed by atoms with E-state index >= 15 is 0 Å². The van der Waals surface area contributed by atoms with Crippen molar-refractivity contribution in [1.29, 1.82) is 0 Å². The van der Waals surface area contributed by atoms with Crippen molar-refractivity contribution in [3.8, 4) is 0 Å². The highest BCUT2D eigenvalue weighted by molar-refractivity contribution is 7.78.